The highest BCUT2D eigenvalue weighted by Gasteiger charge is 2.29. The molecule has 0 saturated carbocycles. The fourth-order valence-corrected chi connectivity index (χ4v) is 4.03. The van der Waals surface area contributed by atoms with E-state index in [-0.39, 0.29) is 36.2 Å². The lowest BCUT2D eigenvalue weighted by atomic mass is 10.2. The Bertz CT molecular complexity index is 1040. The first kappa shape index (κ1) is 20.5. The summed E-state index contributed by atoms with van der Waals surface area (Å²) in [5, 5.41) is 0. The van der Waals surface area contributed by atoms with Gasteiger partial charge in [0.15, 0.2) is 6.61 Å². The van der Waals surface area contributed by atoms with E-state index < -0.39 is 16.0 Å². The maximum atomic E-state index is 12.1. The van der Waals surface area contributed by atoms with E-state index in [0.29, 0.717) is 12.1 Å². The molecule has 8 nitrogen and oxygen atoms in total. The number of fused-ring (bicyclic) bond motifs is 1. The maximum Gasteiger partial charge on any atom is 0.308 e. The minimum Gasteiger partial charge on any atom is -0.456 e. The van der Waals surface area contributed by atoms with Crippen LogP contribution in [0.1, 0.15) is 17.5 Å². The number of carbonyl (C=O) groups is 2. The second-order valence-corrected chi connectivity index (χ2v) is 8.13. The molecular weight excluding hydrogens is 394 g/mol. The Kier molecular flexibility index (Phi) is 6.28. The number of esters is 1. The highest BCUT2D eigenvalue weighted by atomic mass is 32.2. The topological polar surface area (TPSA) is 105 Å². The summed E-state index contributed by atoms with van der Waals surface area (Å²) in [7, 11) is -1.97. The average Bonchev–Trinajstić information content (AvgIpc) is 2.97. The predicted octanol–water partition coefficient (Wildman–Crippen LogP) is 1.32. The van der Waals surface area contributed by atoms with Gasteiger partial charge in [-0.1, -0.05) is 42.5 Å². The van der Waals surface area contributed by atoms with Crippen LogP contribution < -0.4 is 4.72 Å². The Balaban J connectivity index is 1.46. The van der Waals surface area contributed by atoms with Crippen LogP contribution >= 0.6 is 0 Å². The fraction of sp³-hybridized carbons (Fsp3) is 0.250. The standard InChI is InChI=1S/C20H21N3O5S/c1-23(13-15-7-3-2-4-8-15)18(24)14-28-19(25)11-12-21-20-16-9-5-6-10-17(16)29(26,27)22-20/h2-10H,11-14H2,1H3,(H,21,22). The molecule has 2 aromatic carbocycles. The average molecular weight is 415 g/mol. The number of sulfonamides is 1. The molecule has 1 amide bonds. The van der Waals surface area contributed by atoms with E-state index in [1.807, 2.05) is 30.3 Å². The summed E-state index contributed by atoms with van der Waals surface area (Å²) in [5.41, 5.74) is 1.45. The van der Waals surface area contributed by atoms with Crippen molar-refractivity contribution in [3.05, 3.63) is 65.7 Å². The molecule has 0 fully saturated rings. The summed E-state index contributed by atoms with van der Waals surface area (Å²) < 4.78 is 31.4. The lowest BCUT2D eigenvalue weighted by Crippen LogP contribution is -2.30. The number of amides is 1. The SMILES string of the molecule is CN(Cc1ccccc1)C(=O)COC(=O)CCN=C1NS(=O)(=O)c2ccccc21. The largest absolute Gasteiger partial charge is 0.456 e. The van der Waals surface area contributed by atoms with E-state index in [1.165, 1.54) is 11.0 Å². The Morgan fingerprint density at radius 3 is 2.52 bits per heavy atom. The molecule has 1 aliphatic heterocycles. The van der Waals surface area contributed by atoms with Gasteiger partial charge in [-0.3, -0.25) is 19.3 Å². The molecule has 29 heavy (non-hydrogen) atoms. The molecule has 152 valence electrons. The van der Waals surface area contributed by atoms with Crippen LogP contribution in [0.5, 0.6) is 0 Å². The summed E-state index contributed by atoms with van der Waals surface area (Å²) in [4.78, 5) is 29.8. The monoisotopic (exact) mass is 415 g/mol. The van der Waals surface area contributed by atoms with Crippen molar-refractivity contribution in [2.24, 2.45) is 4.99 Å². The lowest BCUT2D eigenvalue weighted by molar-refractivity contribution is -0.151. The minimum atomic E-state index is -3.61. The third-order valence-electron chi connectivity index (χ3n) is 4.29. The number of rotatable bonds is 7. The minimum absolute atomic E-state index is 0.0407. The van der Waals surface area contributed by atoms with Crippen LogP contribution in [0.15, 0.2) is 64.5 Å². The van der Waals surface area contributed by atoms with Gasteiger partial charge in [0.2, 0.25) is 0 Å². The van der Waals surface area contributed by atoms with Crippen LogP contribution in [0.25, 0.3) is 0 Å². The molecule has 0 unspecified atom stereocenters. The first-order valence-electron chi connectivity index (χ1n) is 8.97. The quantitative estimate of drug-likeness (QED) is 0.687. The maximum absolute atomic E-state index is 12.1. The summed E-state index contributed by atoms with van der Waals surface area (Å²) in [6, 6.07) is 16.0. The molecule has 9 heteroatoms. The molecule has 0 aromatic heterocycles. The van der Waals surface area contributed by atoms with Crippen LogP contribution in [-0.4, -0.2) is 51.2 Å². The molecule has 0 aliphatic carbocycles. The van der Waals surface area contributed by atoms with E-state index in [1.54, 1.807) is 25.2 Å². The molecule has 0 atom stereocenters. The molecule has 3 rings (SSSR count). The number of nitrogens with one attached hydrogen (secondary N) is 1. The van der Waals surface area contributed by atoms with Crippen LogP contribution in [0.2, 0.25) is 0 Å². The van der Waals surface area contributed by atoms with Crippen molar-refractivity contribution in [3.8, 4) is 0 Å². The van der Waals surface area contributed by atoms with Gasteiger partial charge >= 0.3 is 5.97 Å². The molecule has 0 spiro atoms. The molecule has 1 heterocycles. The number of amidine groups is 1. The highest BCUT2D eigenvalue weighted by Crippen LogP contribution is 2.22. The van der Waals surface area contributed by atoms with Crippen molar-refractivity contribution in [2.75, 3.05) is 20.2 Å². The Labute approximate surface area is 169 Å². The number of aliphatic imine (C=N–C) groups is 1. The third kappa shape index (κ3) is 5.20. The van der Waals surface area contributed by atoms with Gasteiger partial charge in [0.05, 0.1) is 17.9 Å². The zero-order valence-electron chi connectivity index (χ0n) is 15.9. The van der Waals surface area contributed by atoms with E-state index in [4.69, 9.17) is 4.74 Å². The van der Waals surface area contributed by atoms with Crippen LogP contribution in [0.3, 0.4) is 0 Å². The fourth-order valence-electron chi connectivity index (χ4n) is 2.78. The van der Waals surface area contributed by atoms with Crippen molar-refractivity contribution < 1.29 is 22.7 Å². The van der Waals surface area contributed by atoms with Crippen molar-refractivity contribution >= 4 is 27.7 Å². The second-order valence-electron chi connectivity index (χ2n) is 6.48. The van der Waals surface area contributed by atoms with E-state index in [9.17, 15) is 18.0 Å². The number of ether oxygens (including phenoxy) is 1. The molecule has 2 aromatic rings. The van der Waals surface area contributed by atoms with Crippen LogP contribution in [0.4, 0.5) is 0 Å². The zero-order chi connectivity index (χ0) is 20.9. The van der Waals surface area contributed by atoms with Gasteiger partial charge in [-0.05, 0) is 17.7 Å². The summed E-state index contributed by atoms with van der Waals surface area (Å²) in [6.07, 6.45) is -0.0664. The van der Waals surface area contributed by atoms with Crippen LogP contribution in [-0.2, 0) is 30.9 Å². The molecule has 0 bridgehead atoms. The Morgan fingerprint density at radius 2 is 1.76 bits per heavy atom. The number of carbonyl (C=O) groups excluding carboxylic acids is 2. The Morgan fingerprint density at radius 1 is 1.07 bits per heavy atom. The molecule has 0 radical (unpaired) electrons. The smallest absolute Gasteiger partial charge is 0.308 e. The number of benzene rings is 2. The van der Waals surface area contributed by atoms with Gasteiger partial charge < -0.3 is 9.64 Å². The third-order valence-corrected chi connectivity index (χ3v) is 5.69. The van der Waals surface area contributed by atoms with Crippen molar-refractivity contribution in [3.63, 3.8) is 0 Å². The molecule has 1 N–H and O–H groups in total. The predicted molar refractivity (Wildman–Crippen MR) is 107 cm³/mol. The van der Waals surface area contributed by atoms with Crippen molar-refractivity contribution in [1.29, 1.82) is 0 Å². The molecular formula is C20H21N3O5S. The zero-order valence-corrected chi connectivity index (χ0v) is 16.7. The normalized spacial score (nSPS) is 15.4. The summed E-state index contributed by atoms with van der Waals surface area (Å²) in [6.45, 7) is 0.109. The number of nitrogens with zero attached hydrogens (tertiary/aromatic N) is 2. The van der Waals surface area contributed by atoms with E-state index in [0.717, 1.165) is 5.56 Å². The van der Waals surface area contributed by atoms with Gasteiger partial charge in [0, 0.05) is 19.2 Å². The van der Waals surface area contributed by atoms with Gasteiger partial charge in [-0.15, -0.1) is 0 Å². The van der Waals surface area contributed by atoms with Gasteiger partial charge in [-0.2, -0.15) is 0 Å². The van der Waals surface area contributed by atoms with Crippen molar-refractivity contribution in [1.82, 2.24) is 9.62 Å². The van der Waals surface area contributed by atoms with E-state index in [2.05, 4.69) is 9.71 Å². The van der Waals surface area contributed by atoms with Gasteiger partial charge in [0.1, 0.15) is 5.84 Å². The second kappa shape index (κ2) is 8.87. The van der Waals surface area contributed by atoms with Crippen LogP contribution in [0, 0.1) is 0 Å². The first-order valence-corrected chi connectivity index (χ1v) is 10.5. The molecule has 1 aliphatic rings. The number of hydrogen-bond donors (Lipinski definition) is 1. The van der Waals surface area contributed by atoms with Crippen molar-refractivity contribution in [2.45, 2.75) is 17.9 Å². The van der Waals surface area contributed by atoms with E-state index >= 15 is 0 Å². The van der Waals surface area contributed by atoms with Gasteiger partial charge in [-0.25, -0.2) is 8.42 Å². The number of hydrogen-bond acceptors (Lipinski definition) is 6. The molecule has 0 saturated heterocycles. The Hall–Kier alpha value is -3.20. The summed E-state index contributed by atoms with van der Waals surface area (Å²) >= 11 is 0. The lowest BCUT2D eigenvalue weighted by Gasteiger charge is -2.17. The highest BCUT2D eigenvalue weighted by molar-refractivity contribution is 7.90. The van der Waals surface area contributed by atoms with Gasteiger partial charge in [0.25, 0.3) is 15.9 Å². The summed E-state index contributed by atoms with van der Waals surface area (Å²) in [5.74, 6) is -0.692. The number of likely N-dealkylation sites (N-methyl/N-ethyl adjacent to an activating group) is 1. The first-order chi connectivity index (χ1) is 13.9.